The molecule has 1 aliphatic rings. The van der Waals surface area contributed by atoms with Crippen molar-refractivity contribution in [3.8, 4) is 0 Å². The summed E-state index contributed by atoms with van der Waals surface area (Å²) in [5, 5.41) is 2.73. The number of carbonyl (C=O) groups is 1. The molecule has 4 heteroatoms. The molecule has 14 heavy (non-hydrogen) atoms. The summed E-state index contributed by atoms with van der Waals surface area (Å²) >= 11 is 5.85. The Labute approximate surface area is 85.4 Å². The van der Waals surface area contributed by atoms with Gasteiger partial charge in [-0.2, -0.15) is 0 Å². The molecule has 1 atom stereocenters. The highest BCUT2D eigenvalue weighted by Gasteiger charge is 2.26. The van der Waals surface area contributed by atoms with Gasteiger partial charge in [0.1, 0.15) is 5.82 Å². The van der Waals surface area contributed by atoms with Crippen molar-refractivity contribution in [2.45, 2.75) is 5.00 Å². The quantitative estimate of drug-likeness (QED) is 0.439. The van der Waals surface area contributed by atoms with Crippen LogP contribution in [-0.4, -0.2) is 11.3 Å². The number of hydrogen-bond donors (Lipinski definition) is 1. The summed E-state index contributed by atoms with van der Waals surface area (Å²) in [6.45, 7) is 0. The summed E-state index contributed by atoms with van der Waals surface area (Å²) in [6, 6.07) is 4.28. The molecule has 0 aromatic heterocycles. The molecule has 1 N–H and O–H groups in total. The first-order valence-electron chi connectivity index (χ1n) is 4.05. The summed E-state index contributed by atoms with van der Waals surface area (Å²) < 4.78 is 12.9. The van der Waals surface area contributed by atoms with Crippen LogP contribution < -0.4 is 5.32 Å². The van der Waals surface area contributed by atoms with E-state index in [-0.39, 0.29) is 5.82 Å². The number of aldehydes is 1. The Morgan fingerprint density at radius 1 is 1.50 bits per heavy atom. The van der Waals surface area contributed by atoms with Crippen molar-refractivity contribution < 1.29 is 9.18 Å². The minimum Gasteiger partial charge on any atom is -0.357 e. The zero-order chi connectivity index (χ0) is 10.2. The lowest BCUT2D eigenvalue weighted by atomic mass is 10.1. The highest BCUT2D eigenvalue weighted by atomic mass is 35.5. The van der Waals surface area contributed by atoms with E-state index in [0.717, 1.165) is 5.56 Å². The zero-order valence-corrected chi connectivity index (χ0v) is 7.88. The Morgan fingerprint density at radius 3 is 3.00 bits per heavy atom. The predicted octanol–water partition coefficient (Wildman–Crippen LogP) is 2.40. The lowest BCUT2D eigenvalue weighted by molar-refractivity contribution is -0.108. The first kappa shape index (κ1) is 9.21. The van der Waals surface area contributed by atoms with E-state index in [9.17, 15) is 9.18 Å². The van der Waals surface area contributed by atoms with E-state index in [0.29, 0.717) is 12.0 Å². The van der Waals surface area contributed by atoms with Crippen molar-refractivity contribution in [1.82, 2.24) is 0 Å². The van der Waals surface area contributed by atoms with Gasteiger partial charge in [-0.25, -0.2) is 4.39 Å². The normalized spacial score (nSPS) is 23.9. The van der Waals surface area contributed by atoms with Gasteiger partial charge in [0.15, 0.2) is 11.3 Å². The van der Waals surface area contributed by atoms with Gasteiger partial charge in [-0.05, 0) is 23.8 Å². The maximum Gasteiger partial charge on any atom is 0.187 e. The van der Waals surface area contributed by atoms with Crippen LogP contribution in [0.15, 0.2) is 24.3 Å². The number of carbonyl (C=O) groups excluding carboxylic acids is 1. The van der Waals surface area contributed by atoms with Crippen LogP contribution in [0.25, 0.3) is 6.08 Å². The van der Waals surface area contributed by atoms with E-state index in [1.54, 1.807) is 12.1 Å². The van der Waals surface area contributed by atoms with E-state index in [1.807, 2.05) is 0 Å². The Hall–Kier alpha value is -1.35. The number of halogens is 2. The minimum atomic E-state index is -1.25. The van der Waals surface area contributed by atoms with Crippen molar-refractivity contribution in [3.05, 3.63) is 35.7 Å². The molecule has 2 nitrogen and oxygen atoms in total. The number of rotatable bonds is 1. The molecular formula is C10H7ClFNO. The summed E-state index contributed by atoms with van der Waals surface area (Å²) in [7, 11) is 0. The van der Waals surface area contributed by atoms with Crippen LogP contribution in [0.2, 0.25) is 0 Å². The van der Waals surface area contributed by atoms with Crippen molar-refractivity contribution in [3.63, 3.8) is 0 Å². The van der Waals surface area contributed by atoms with Crippen LogP contribution in [0.5, 0.6) is 0 Å². The van der Waals surface area contributed by atoms with Gasteiger partial charge in [-0.3, -0.25) is 4.79 Å². The fourth-order valence-corrected chi connectivity index (χ4v) is 1.47. The number of nitrogens with one attached hydrogen (secondary N) is 1. The maximum absolute atomic E-state index is 12.9. The highest BCUT2D eigenvalue weighted by Crippen LogP contribution is 2.29. The molecule has 0 spiro atoms. The molecule has 0 saturated heterocycles. The number of fused-ring (bicyclic) bond motifs is 1. The van der Waals surface area contributed by atoms with Crippen molar-refractivity contribution >= 4 is 29.7 Å². The molecule has 1 unspecified atom stereocenters. The molecule has 0 saturated carbocycles. The molecule has 0 fully saturated rings. The third-order valence-electron chi connectivity index (χ3n) is 2.02. The Balaban J connectivity index is 2.46. The van der Waals surface area contributed by atoms with Crippen LogP contribution in [0.1, 0.15) is 5.56 Å². The van der Waals surface area contributed by atoms with Crippen molar-refractivity contribution in [2.24, 2.45) is 0 Å². The first-order chi connectivity index (χ1) is 6.63. The third-order valence-corrected chi connectivity index (χ3v) is 2.33. The Kier molecular flexibility index (Phi) is 2.04. The van der Waals surface area contributed by atoms with Crippen LogP contribution >= 0.6 is 11.6 Å². The van der Waals surface area contributed by atoms with Gasteiger partial charge in [0, 0.05) is 5.69 Å². The molecule has 1 aromatic carbocycles. The van der Waals surface area contributed by atoms with Gasteiger partial charge in [0.2, 0.25) is 0 Å². The summed E-state index contributed by atoms with van der Waals surface area (Å²) in [4.78, 5) is 9.39. The Bertz CT molecular complexity index is 419. The smallest absolute Gasteiger partial charge is 0.187 e. The van der Waals surface area contributed by atoms with E-state index in [2.05, 4.69) is 5.32 Å². The van der Waals surface area contributed by atoms with Gasteiger partial charge >= 0.3 is 0 Å². The number of alkyl halides is 1. The number of benzene rings is 1. The second kappa shape index (κ2) is 3.10. The van der Waals surface area contributed by atoms with Crippen molar-refractivity contribution in [1.29, 1.82) is 0 Å². The maximum atomic E-state index is 12.9. The highest BCUT2D eigenvalue weighted by molar-refractivity contribution is 6.35. The standard InChI is InChI=1S/C10H7ClFNO/c11-10(6-14)4-3-7-1-2-8(12)5-9(7)13-10/h1-6,13H. The Morgan fingerprint density at radius 2 is 2.29 bits per heavy atom. The van der Waals surface area contributed by atoms with E-state index in [1.165, 1.54) is 18.2 Å². The molecule has 2 rings (SSSR count). The lowest BCUT2D eigenvalue weighted by Gasteiger charge is -2.25. The van der Waals surface area contributed by atoms with Crippen LogP contribution in [0.4, 0.5) is 10.1 Å². The van der Waals surface area contributed by atoms with Crippen molar-refractivity contribution in [2.75, 3.05) is 5.32 Å². The zero-order valence-electron chi connectivity index (χ0n) is 7.13. The first-order valence-corrected chi connectivity index (χ1v) is 4.43. The van der Waals surface area contributed by atoms with E-state index in [4.69, 9.17) is 11.6 Å². The number of anilines is 1. The van der Waals surface area contributed by atoms with E-state index < -0.39 is 5.00 Å². The molecule has 0 aliphatic carbocycles. The van der Waals surface area contributed by atoms with Crippen LogP contribution in [0, 0.1) is 5.82 Å². The molecule has 1 aliphatic heterocycles. The lowest BCUT2D eigenvalue weighted by Crippen LogP contribution is -2.33. The predicted molar refractivity (Wildman–Crippen MR) is 53.7 cm³/mol. The monoisotopic (exact) mass is 211 g/mol. The molecule has 1 aromatic rings. The van der Waals surface area contributed by atoms with Gasteiger partial charge in [-0.1, -0.05) is 23.7 Å². The molecule has 1 heterocycles. The summed E-state index contributed by atoms with van der Waals surface area (Å²) in [6.07, 6.45) is 3.79. The second-order valence-corrected chi connectivity index (χ2v) is 3.70. The largest absolute Gasteiger partial charge is 0.357 e. The van der Waals surface area contributed by atoms with Crippen LogP contribution in [-0.2, 0) is 4.79 Å². The fraction of sp³-hybridized carbons (Fsp3) is 0.100. The third kappa shape index (κ3) is 1.51. The minimum absolute atomic E-state index is 0.364. The molecular weight excluding hydrogens is 205 g/mol. The topological polar surface area (TPSA) is 29.1 Å². The fourth-order valence-electron chi connectivity index (χ4n) is 1.31. The molecule has 0 amide bonds. The number of hydrogen-bond acceptors (Lipinski definition) is 2. The summed E-state index contributed by atoms with van der Waals surface area (Å²) in [5.41, 5.74) is 1.33. The summed E-state index contributed by atoms with van der Waals surface area (Å²) in [5.74, 6) is -0.364. The average molecular weight is 212 g/mol. The second-order valence-electron chi connectivity index (χ2n) is 3.08. The average Bonchev–Trinajstić information content (AvgIpc) is 2.17. The molecule has 72 valence electrons. The van der Waals surface area contributed by atoms with Gasteiger partial charge in [0.25, 0.3) is 0 Å². The SMILES string of the molecule is O=CC1(Cl)C=Cc2ccc(F)cc2N1. The molecule has 0 bridgehead atoms. The van der Waals surface area contributed by atoms with Gasteiger partial charge in [0.05, 0.1) is 0 Å². The van der Waals surface area contributed by atoms with E-state index >= 15 is 0 Å². The van der Waals surface area contributed by atoms with Gasteiger partial charge in [-0.15, -0.1) is 0 Å². The van der Waals surface area contributed by atoms with Crippen LogP contribution in [0.3, 0.4) is 0 Å². The molecule has 0 radical (unpaired) electrons. The van der Waals surface area contributed by atoms with Gasteiger partial charge < -0.3 is 5.32 Å².